The van der Waals surface area contributed by atoms with Gasteiger partial charge in [-0.3, -0.25) is 4.79 Å². The summed E-state index contributed by atoms with van der Waals surface area (Å²) >= 11 is 15.1. The quantitative estimate of drug-likeness (QED) is 0.768. The molecule has 18 heavy (non-hydrogen) atoms. The highest BCUT2D eigenvalue weighted by molar-refractivity contribution is 9.09. The van der Waals surface area contributed by atoms with Crippen LogP contribution in [-0.2, 0) is 11.2 Å². The minimum atomic E-state index is 0.00908. The molecule has 0 saturated carbocycles. The predicted molar refractivity (Wildman–Crippen MR) is 80.8 cm³/mol. The third-order valence-electron chi connectivity index (χ3n) is 2.60. The van der Waals surface area contributed by atoms with Crippen molar-refractivity contribution in [3.8, 4) is 0 Å². The van der Waals surface area contributed by atoms with E-state index in [1.807, 2.05) is 6.07 Å². The number of amides is 1. The number of halogens is 3. The molecule has 0 saturated heterocycles. The molecule has 100 valence electrons. The molecule has 1 N–H and O–H groups in total. The SMILES string of the molecule is CC(CCBr)CNC(=O)Cc1ccc(Cl)c(Cl)c1. The van der Waals surface area contributed by atoms with Gasteiger partial charge in [-0.15, -0.1) is 0 Å². The van der Waals surface area contributed by atoms with Gasteiger partial charge in [0.2, 0.25) is 5.91 Å². The number of nitrogens with one attached hydrogen (secondary N) is 1. The highest BCUT2D eigenvalue weighted by atomic mass is 79.9. The molecule has 0 spiro atoms. The average molecular weight is 353 g/mol. The lowest BCUT2D eigenvalue weighted by Gasteiger charge is -2.11. The second-order valence-electron chi connectivity index (χ2n) is 4.31. The summed E-state index contributed by atoms with van der Waals surface area (Å²) in [6, 6.07) is 5.25. The lowest BCUT2D eigenvalue weighted by atomic mass is 10.1. The van der Waals surface area contributed by atoms with Crippen molar-refractivity contribution in [3.63, 3.8) is 0 Å². The molecule has 1 aromatic rings. The Bertz CT molecular complexity index is 412. The summed E-state index contributed by atoms with van der Waals surface area (Å²) in [7, 11) is 0. The van der Waals surface area contributed by atoms with E-state index in [4.69, 9.17) is 23.2 Å². The standard InChI is InChI=1S/C13H16BrCl2NO/c1-9(4-5-14)8-17-13(18)7-10-2-3-11(15)12(16)6-10/h2-3,6,9H,4-5,7-8H2,1H3,(H,17,18). The zero-order chi connectivity index (χ0) is 13.5. The minimum Gasteiger partial charge on any atom is -0.356 e. The molecular formula is C13H16BrCl2NO. The summed E-state index contributed by atoms with van der Waals surface area (Å²) in [4.78, 5) is 11.7. The maximum absolute atomic E-state index is 11.7. The van der Waals surface area contributed by atoms with Crippen LogP contribution < -0.4 is 5.32 Å². The monoisotopic (exact) mass is 351 g/mol. The van der Waals surface area contributed by atoms with Crippen LogP contribution in [0.15, 0.2) is 18.2 Å². The highest BCUT2D eigenvalue weighted by Gasteiger charge is 2.07. The molecule has 0 heterocycles. The van der Waals surface area contributed by atoms with E-state index >= 15 is 0 Å². The van der Waals surface area contributed by atoms with E-state index in [0.29, 0.717) is 28.9 Å². The number of alkyl halides is 1. The van der Waals surface area contributed by atoms with Crippen LogP contribution in [0.3, 0.4) is 0 Å². The molecule has 0 bridgehead atoms. The number of hydrogen-bond donors (Lipinski definition) is 1. The van der Waals surface area contributed by atoms with Crippen LogP contribution in [0.5, 0.6) is 0 Å². The molecule has 0 radical (unpaired) electrons. The van der Waals surface area contributed by atoms with Gasteiger partial charge in [-0.1, -0.05) is 52.1 Å². The van der Waals surface area contributed by atoms with Gasteiger partial charge in [-0.2, -0.15) is 0 Å². The minimum absolute atomic E-state index is 0.00908. The van der Waals surface area contributed by atoms with Crippen molar-refractivity contribution in [3.05, 3.63) is 33.8 Å². The normalized spacial score (nSPS) is 12.2. The van der Waals surface area contributed by atoms with Crippen LogP contribution in [0, 0.1) is 5.92 Å². The first-order valence-corrected chi connectivity index (χ1v) is 7.67. The van der Waals surface area contributed by atoms with Crippen LogP contribution in [0.25, 0.3) is 0 Å². The second kappa shape index (κ2) is 8.03. The summed E-state index contributed by atoms with van der Waals surface area (Å²) < 4.78 is 0. The van der Waals surface area contributed by atoms with E-state index in [2.05, 4.69) is 28.2 Å². The van der Waals surface area contributed by atoms with Gasteiger partial charge < -0.3 is 5.32 Å². The lowest BCUT2D eigenvalue weighted by molar-refractivity contribution is -0.120. The first kappa shape index (κ1) is 15.8. The molecule has 0 aliphatic heterocycles. The Balaban J connectivity index is 2.42. The van der Waals surface area contributed by atoms with Crippen molar-refractivity contribution in [2.75, 3.05) is 11.9 Å². The summed E-state index contributed by atoms with van der Waals surface area (Å²) in [6.45, 7) is 2.81. The van der Waals surface area contributed by atoms with Crippen molar-refractivity contribution in [1.82, 2.24) is 5.32 Å². The average Bonchev–Trinajstić information content (AvgIpc) is 2.32. The topological polar surface area (TPSA) is 29.1 Å². The third kappa shape index (κ3) is 5.59. The van der Waals surface area contributed by atoms with Crippen molar-refractivity contribution in [2.24, 2.45) is 5.92 Å². The molecule has 1 atom stereocenters. The van der Waals surface area contributed by atoms with E-state index in [9.17, 15) is 4.79 Å². The molecule has 5 heteroatoms. The molecule has 0 aromatic heterocycles. The molecule has 1 unspecified atom stereocenters. The van der Waals surface area contributed by atoms with Crippen LogP contribution in [0.1, 0.15) is 18.9 Å². The van der Waals surface area contributed by atoms with E-state index in [0.717, 1.165) is 17.3 Å². The van der Waals surface area contributed by atoms with Crippen LogP contribution >= 0.6 is 39.1 Å². The fourth-order valence-electron chi connectivity index (χ4n) is 1.47. The number of rotatable bonds is 6. The fraction of sp³-hybridized carbons (Fsp3) is 0.462. The summed E-state index contributed by atoms with van der Waals surface area (Å²) in [5, 5.41) is 4.86. The van der Waals surface area contributed by atoms with Crippen molar-refractivity contribution >= 4 is 45.0 Å². The molecule has 0 aliphatic rings. The van der Waals surface area contributed by atoms with Gasteiger partial charge in [0.1, 0.15) is 0 Å². The number of carbonyl (C=O) groups excluding carboxylic acids is 1. The van der Waals surface area contributed by atoms with Crippen molar-refractivity contribution in [1.29, 1.82) is 0 Å². The fourth-order valence-corrected chi connectivity index (χ4v) is 2.58. The maximum atomic E-state index is 11.7. The third-order valence-corrected chi connectivity index (χ3v) is 3.80. The molecule has 0 aliphatic carbocycles. The van der Waals surface area contributed by atoms with Crippen molar-refractivity contribution in [2.45, 2.75) is 19.8 Å². The second-order valence-corrected chi connectivity index (χ2v) is 5.92. The van der Waals surface area contributed by atoms with E-state index < -0.39 is 0 Å². The lowest BCUT2D eigenvalue weighted by Crippen LogP contribution is -2.29. The van der Waals surface area contributed by atoms with Crippen molar-refractivity contribution < 1.29 is 4.79 Å². The molecule has 1 rings (SSSR count). The highest BCUT2D eigenvalue weighted by Crippen LogP contribution is 2.22. The molecule has 2 nitrogen and oxygen atoms in total. The Kier molecular flexibility index (Phi) is 7.05. The predicted octanol–water partition coefficient (Wildman–Crippen LogP) is 4.07. The summed E-state index contributed by atoms with van der Waals surface area (Å²) in [6.07, 6.45) is 1.38. The smallest absolute Gasteiger partial charge is 0.224 e. The molecule has 1 aromatic carbocycles. The number of hydrogen-bond acceptors (Lipinski definition) is 1. The van der Waals surface area contributed by atoms with Crippen LogP contribution in [-0.4, -0.2) is 17.8 Å². The molecule has 0 fully saturated rings. The van der Waals surface area contributed by atoms with E-state index in [-0.39, 0.29) is 5.91 Å². The van der Waals surface area contributed by atoms with Gasteiger partial charge in [0.25, 0.3) is 0 Å². The summed E-state index contributed by atoms with van der Waals surface area (Å²) in [5.74, 6) is 0.483. The molecule has 1 amide bonds. The Labute approximate surface area is 126 Å². The zero-order valence-corrected chi connectivity index (χ0v) is 13.3. The van der Waals surface area contributed by atoms with Crippen LogP contribution in [0.2, 0.25) is 10.0 Å². The summed E-state index contributed by atoms with van der Waals surface area (Å²) in [5.41, 5.74) is 0.870. The van der Waals surface area contributed by atoms with Gasteiger partial charge in [0, 0.05) is 11.9 Å². The van der Waals surface area contributed by atoms with Crippen LogP contribution in [0.4, 0.5) is 0 Å². The van der Waals surface area contributed by atoms with Gasteiger partial charge in [-0.25, -0.2) is 0 Å². The first-order valence-electron chi connectivity index (χ1n) is 5.79. The first-order chi connectivity index (χ1) is 8.52. The Morgan fingerprint density at radius 2 is 2.11 bits per heavy atom. The zero-order valence-electron chi connectivity index (χ0n) is 10.2. The van der Waals surface area contributed by atoms with E-state index in [1.165, 1.54) is 0 Å². The molecular weight excluding hydrogens is 337 g/mol. The van der Waals surface area contributed by atoms with E-state index in [1.54, 1.807) is 12.1 Å². The largest absolute Gasteiger partial charge is 0.356 e. The maximum Gasteiger partial charge on any atom is 0.224 e. The Morgan fingerprint density at radius 3 is 2.72 bits per heavy atom. The van der Waals surface area contributed by atoms with Gasteiger partial charge in [0.05, 0.1) is 16.5 Å². The van der Waals surface area contributed by atoms with Gasteiger partial charge in [-0.05, 0) is 30.0 Å². The number of benzene rings is 1. The Morgan fingerprint density at radius 1 is 1.39 bits per heavy atom. The van der Waals surface area contributed by atoms with Gasteiger partial charge in [0.15, 0.2) is 0 Å². The van der Waals surface area contributed by atoms with Gasteiger partial charge >= 0.3 is 0 Å². The number of carbonyl (C=O) groups is 1. The Hall–Kier alpha value is -0.250.